The third kappa shape index (κ3) is 3.76. The first-order valence-corrected chi connectivity index (χ1v) is 5.53. The highest BCUT2D eigenvalue weighted by Gasteiger charge is 2.14. The summed E-state index contributed by atoms with van der Waals surface area (Å²) in [6.07, 6.45) is -0.154. The van der Waals surface area contributed by atoms with Crippen molar-refractivity contribution in [3.05, 3.63) is 23.8 Å². The molecule has 1 aromatic carbocycles. The Morgan fingerprint density at radius 2 is 1.94 bits per heavy atom. The van der Waals surface area contributed by atoms with E-state index in [1.807, 2.05) is 13.8 Å². The summed E-state index contributed by atoms with van der Waals surface area (Å²) >= 11 is 0. The molecule has 0 fully saturated rings. The topological polar surface area (TPSA) is 72.8 Å². The number of hydrogen-bond donors (Lipinski definition) is 1. The fraction of sp³-hybridized carbons (Fsp3) is 0.385. The highest BCUT2D eigenvalue weighted by Crippen LogP contribution is 2.29. The monoisotopic (exact) mass is 252 g/mol. The number of carbonyl (C=O) groups is 2. The Labute approximate surface area is 105 Å². The minimum Gasteiger partial charge on any atom is -0.493 e. The molecule has 0 heterocycles. The Hall–Kier alpha value is -2.04. The van der Waals surface area contributed by atoms with E-state index in [0.29, 0.717) is 17.1 Å². The zero-order valence-corrected chi connectivity index (χ0v) is 10.6. The number of Topliss-reactive ketones (excluding diaryl/α,β-unsaturated/α-hetero) is 1. The van der Waals surface area contributed by atoms with Crippen LogP contribution < -0.4 is 9.47 Å². The normalized spacial score (nSPS) is 10.2. The summed E-state index contributed by atoms with van der Waals surface area (Å²) in [5, 5.41) is 8.54. The van der Waals surface area contributed by atoms with Crippen molar-refractivity contribution in [1.82, 2.24) is 0 Å². The van der Waals surface area contributed by atoms with Crippen molar-refractivity contribution in [3.63, 3.8) is 0 Å². The zero-order valence-electron chi connectivity index (χ0n) is 10.6. The number of carbonyl (C=O) groups excluding carboxylic acids is 1. The maximum Gasteiger partial charge on any atom is 0.372 e. The molecule has 0 bridgehead atoms. The predicted octanol–water partition coefficient (Wildman–Crippen LogP) is 1.68. The smallest absolute Gasteiger partial charge is 0.372 e. The number of carboxylic acids is 1. The Bertz CT molecular complexity index is 451. The van der Waals surface area contributed by atoms with Gasteiger partial charge in [0.05, 0.1) is 13.2 Å². The van der Waals surface area contributed by atoms with Crippen molar-refractivity contribution in [2.75, 3.05) is 7.11 Å². The first-order valence-electron chi connectivity index (χ1n) is 5.53. The lowest BCUT2D eigenvalue weighted by Gasteiger charge is -2.14. The number of carboxylic acid groups (broad SMARTS) is 1. The van der Waals surface area contributed by atoms with Crippen LogP contribution in [0.3, 0.4) is 0 Å². The molecule has 5 heteroatoms. The average molecular weight is 252 g/mol. The summed E-state index contributed by atoms with van der Waals surface area (Å²) < 4.78 is 10.7. The SMILES string of the molecule is COc1cc(CC(=O)C(=O)O)ccc1OC(C)C. The second kappa shape index (κ2) is 6.05. The number of hydrogen-bond acceptors (Lipinski definition) is 4. The van der Waals surface area contributed by atoms with Gasteiger partial charge in [0.2, 0.25) is 5.78 Å². The summed E-state index contributed by atoms with van der Waals surface area (Å²) in [5.74, 6) is -1.23. The van der Waals surface area contributed by atoms with E-state index in [1.54, 1.807) is 18.2 Å². The van der Waals surface area contributed by atoms with Gasteiger partial charge in [0.1, 0.15) is 0 Å². The lowest BCUT2D eigenvalue weighted by atomic mass is 10.1. The highest BCUT2D eigenvalue weighted by molar-refractivity contribution is 6.33. The number of ketones is 1. The molecule has 98 valence electrons. The third-order valence-corrected chi connectivity index (χ3v) is 2.19. The molecule has 0 radical (unpaired) electrons. The molecule has 1 N–H and O–H groups in total. The van der Waals surface area contributed by atoms with Gasteiger partial charge in [-0.15, -0.1) is 0 Å². The summed E-state index contributed by atoms with van der Waals surface area (Å²) in [6.45, 7) is 3.78. The molecule has 0 saturated carbocycles. The van der Waals surface area contributed by atoms with Crippen LogP contribution in [0.2, 0.25) is 0 Å². The van der Waals surface area contributed by atoms with Gasteiger partial charge in [0.15, 0.2) is 11.5 Å². The Kier molecular flexibility index (Phi) is 4.71. The summed E-state index contributed by atoms with van der Waals surface area (Å²) in [6, 6.07) is 4.93. The minimum atomic E-state index is -1.43. The minimum absolute atomic E-state index is 0.00500. The number of aliphatic carboxylic acids is 1. The average Bonchev–Trinajstić information content (AvgIpc) is 2.30. The number of methoxy groups -OCH3 is 1. The number of benzene rings is 1. The van der Waals surface area contributed by atoms with Crippen molar-refractivity contribution in [3.8, 4) is 11.5 Å². The van der Waals surface area contributed by atoms with Gasteiger partial charge in [-0.1, -0.05) is 6.07 Å². The Morgan fingerprint density at radius 1 is 1.28 bits per heavy atom. The van der Waals surface area contributed by atoms with Gasteiger partial charge >= 0.3 is 5.97 Å². The van der Waals surface area contributed by atoms with Crippen molar-refractivity contribution >= 4 is 11.8 Å². The van der Waals surface area contributed by atoms with Crippen LogP contribution in [0.5, 0.6) is 11.5 Å². The van der Waals surface area contributed by atoms with Crippen LogP contribution >= 0.6 is 0 Å². The molecule has 0 atom stereocenters. The van der Waals surface area contributed by atoms with Crippen LogP contribution in [0.1, 0.15) is 19.4 Å². The molecule has 0 aromatic heterocycles. The van der Waals surface area contributed by atoms with Crippen LogP contribution in [0.4, 0.5) is 0 Å². The Morgan fingerprint density at radius 3 is 2.44 bits per heavy atom. The standard InChI is InChI=1S/C13H16O5/c1-8(2)18-11-5-4-9(7-12(11)17-3)6-10(14)13(15)16/h4-5,7-8H,6H2,1-3H3,(H,15,16). The van der Waals surface area contributed by atoms with Gasteiger partial charge in [-0.2, -0.15) is 0 Å². The summed E-state index contributed by atoms with van der Waals surface area (Å²) in [5.41, 5.74) is 0.579. The fourth-order valence-electron chi connectivity index (χ4n) is 1.43. The maximum atomic E-state index is 11.1. The lowest BCUT2D eigenvalue weighted by Crippen LogP contribution is -2.15. The molecule has 5 nitrogen and oxygen atoms in total. The van der Waals surface area contributed by atoms with Crippen molar-refractivity contribution < 1.29 is 24.2 Å². The van der Waals surface area contributed by atoms with Gasteiger partial charge in [-0.3, -0.25) is 4.79 Å². The summed E-state index contributed by atoms with van der Waals surface area (Å²) in [4.78, 5) is 21.6. The van der Waals surface area contributed by atoms with Crippen LogP contribution in [0, 0.1) is 0 Å². The number of rotatable bonds is 6. The highest BCUT2D eigenvalue weighted by atomic mass is 16.5. The van der Waals surface area contributed by atoms with E-state index in [9.17, 15) is 9.59 Å². The molecule has 0 aliphatic carbocycles. The molecule has 0 aliphatic rings. The first kappa shape index (κ1) is 14.0. The van der Waals surface area contributed by atoms with Crippen molar-refractivity contribution in [2.45, 2.75) is 26.4 Å². The van der Waals surface area contributed by atoms with Gasteiger partial charge in [-0.25, -0.2) is 4.79 Å². The Balaban J connectivity index is 2.91. The predicted molar refractivity (Wildman–Crippen MR) is 65.1 cm³/mol. The molecule has 0 unspecified atom stereocenters. The zero-order chi connectivity index (χ0) is 13.7. The van der Waals surface area contributed by atoms with E-state index >= 15 is 0 Å². The second-order valence-electron chi connectivity index (χ2n) is 4.06. The van der Waals surface area contributed by atoms with E-state index in [4.69, 9.17) is 14.6 Å². The molecule has 1 rings (SSSR count). The molecule has 1 aromatic rings. The van der Waals surface area contributed by atoms with E-state index in [0.717, 1.165) is 0 Å². The molecular weight excluding hydrogens is 236 g/mol. The van der Waals surface area contributed by atoms with Crippen LogP contribution in [-0.2, 0) is 16.0 Å². The van der Waals surface area contributed by atoms with Gasteiger partial charge in [-0.05, 0) is 31.5 Å². The van der Waals surface area contributed by atoms with E-state index in [-0.39, 0.29) is 12.5 Å². The van der Waals surface area contributed by atoms with Crippen molar-refractivity contribution in [2.24, 2.45) is 0 Å². The van der Waals surface area contributed by atoms with Crippen LogP contribution in [0.25, 0.3) is 0 Å². The lowest BCUT2D eigenvalue weighted by molar-refractivity contribution is -0.148. The van der Waals surface area contributed by atoms with Gasteiger partial charge < -0.3 is 14.6 Å². The van der Waals surface area contributed by atoms with Gasteiger partial charge in [0.25, 0.3) is 0 Å². The van der Waals surface area contributed by atoms with Crippen LogP contribution in [0.15, 0.2) is 18.2 Å². The third-order valence-electron chi connectivity index (χ3n) is 2.19. The van der Waals surface area contributed by atoms with Crippen LogP contribution in [-0.4, -0.2) is 30.1 Å². The molecular formula is C13H16O5. The maximum absolute atomic E-state index is 11.1. The van der Waals surface area contributed by atoms with E-state index in [1.165, 1.54) is 7.11 Å². The molecule has 0 saturated heterocycles. The van der Waals surface area contributed by atoms with E-state index < -0.39 is 11.8 Å². The molecule has 0 aliphatic heterocycles. The largest absolute Gasteiger partial charge is 0.493 e. The summed E-state index contributed by atoms with van der Waals surface area (Å²) in [7, 11) is 1.49. The second-order valence-corrected chi connectivity index (χ2v) is 4.06. The van der Waals surface area contributed by atoms with E-state index in [2.05, 4.69) is 0 Å². The molecule has 0 spiro atoms. The van der Waals surface area contributed by atoms with Crippen molar-refractivity contribution in [1.29, 1.82) is 0 Å². The first-order chi connectivity index (χ1) is 8.43. The van der Waals surface area contributed by atoms with Gasteiger partial charge in [0, 0.05) is 6.42 Å². The molecule has 0 amide bonds. The molecule has 18 heavy (non-hydrogen) atoms. The fourth-order valence-corrected chi connectivity index (χ4v) is 1.43. The quantitative estimate of drug-likeness (QED) is 0.780. The number of ether oxygens (including phenoxy) is 2.